The molecular formula is C22H19N3O5S2. The van der Waals surface area contributed by atoms with Gasteiger partial charge in [-0.1, -0.05) is 35.0 Å². The minimum absolute atomic E-state index is 0.0206. The van der Waals surface area contributed by atoms with Crippen LogP contribution in [0.3, 0.4) is 0 Å². The summed E-state index contributed by atoms with van der Waals surface area (Å²) in [4.78, 5) is 17.5. The second kappa shape index (κ2) is 8.93. The van der Waals surface area contributed by atoms with Crippen molar-refractivity contribution in [3.8, 4) is 10.7 Å². The summed E-state index contributed by atoms with van der Waals surface area (Å²) in [6.07, 6.45) is 0. The number of ether oxygens (including phenoxy) is 1. The summed E-state index contributed by atoms with van der Waals surface area (Å²) in [5.41, 5.74) is 1.64. The molecule has 0 aliphatic heterocycles. The number of carbonyl (C=O) groups is 1. The van der Waals surface area contributed by atoms with Crippen LogP contribution in [0, 0.1) is 6.92 Å². The van der Waals surface area contributed by atoms with Crippen LogP contribution in [0.15, 0.2) is 75.5 Å². The lowest BCUT2D eigenvalue weighted by atomic mass is 10.2. The molecule has 0 aliphatic rings. The number of thiophene rings is 1. The fraction of sp³-hybridized carbons (Fsp3) is 0.136. The van der Waals surface area contributed by atoms with E-state index in [9.17, 15) is 13.2 Å². The third-order valence-corrected chi connectivity index (χ3v) is 7.31. The Hall–Kier alpha value is -3.50. The topological polar surface area (TPSA) is 103 Å². The molecule has 0 saturated heterocycles. The van der Waals surface area contributed by atoms with Crippen molar-refractivity contribution in [3.63, 3.8) is 0 Å². The summed E-state index contributed by atoms with van der Waals surface area (Å²) in [6, 6.07) is 16.5. The van der Waals surface area contributed by atoms with Crippen LogP contribution < -0.4 is 4.31 Å². The number of hydrogen-bond acceptors (Lipinski definition) is 8. The van der Waals surface area contributed by atoms with Gasteiger partial charge in [-0.15, -0.1) is 11.3 Å². The molecule has 0 aliphatic carbocycles. The minimum Gasteiger partial charge on any atom is -0.452 e. The van der Waals surface area contributed by atoms with Crippen molar-refractivity contribution in [2.45, 2.75) is 18.4 Å². The van der Waals surface area contributed by atoms with E-state index in [0.717, 1.165) is 10.4 Å². The summed E-state index contributed by atoms with van der Waals surface area (Å²) >= 11 is 1.46. The normalized spacial score (nSPS) is 11.3. The first-order valence-corrected chi connectivity index (χ1v) is 11.9. The Morgan fingerprint density at radius 2 is 1.91 bits per heavy atom. The van der Waals surface area contributed by atoms with Gasteiger partial charge in [-0.3, -0.25) is 4.31 Å². The Morgan fingerprint density at radius 3 is 2.62 bits per heavy atom. The molecule has 0 atom stereocenters. The molecule has 4 rings (SSSR count). The van der Waals surface area contributed by atoms with Gasteiger partial charge in [0.2, 0.25) is 5.82 Å². The molecule has 4 aromatic rings. The van der Waals surface area contributed by atoms with Crippen molar-refractivity contribution in [3.05, 3.63) is 83.1 Å². The molecule has 0 spiro atoms. The van der Waals surface area contributed by atoms with E-state index in [-0.39, 0.29) is 23.0 Å². The molecule has 0 bridgehead atoms. The number of sulfonamides is 1. The molecule has 8 nitrogen and oxygen atoms in total. The van der Waals surface area contributed by atoms with Crippen molar-refractivity contribution >= 4 is 33.0 Å². The van der Waals surface area contributed by atoms with Crippen LogP contribution in [0.1, 0.15) is 21.8 Å². The van der Waals surface area contributed by atoms with Crippen LogP contribution in [0.5, 0.6) is 0 Å². The van der Waals surface area contributed by atoms with Gasteiger partial charge >= 0.3 is 5.97 Å². The van der Waals surface area contributed by atoms with Crippen molar-refractivity contribution in [2.24, 2.45) is 0 Å². The molecule has 0 radical (unpaired) electrons. The van der Waals surface area contributed by atoms with Crippen LogP contribution in [-0.4, -0.2) is 31.6 Å². The van der Waals surface area contributed by atoms with E-state index in [4.69, 9.17) is 9.26 Å². The number of anilines is 1. The average molecular weight is 470 g/mol. The van der Waals surface area contributed by atoms with Crippen molar-refractivity contribution in [1.29, 1.82) is 0 Å². The van der Waals surface area contributed by atoms with Crippen molar-refractivity contribution in [1.82, 2.24) is 10.1 Å². The number of benzene rings is 2. The van der Waals surface area contributed by atoms with Crippen LogP contribution in [0.25, 0.3) is 10.7 Å². The van der Waals surface area contributed by atoms with Gasteiger partial charge in [0.1, 0.15) is 0 Å². The molecule has 0 fully saturated rings. The van der Waals surface area contributed by atoms with Gasteiger partial charge in [-0.2, -0.15) is 4.98 Å². The number of hydrogen-bond donors (Lipinski definition) is 0. The second-order valence-electron chi connectivity index (χ2n) is 6.90. The number of aromatic nitrogens is 2. The predicted molar refractivity (Wildman–Crippen MR) is 120 cm³/mol. The Balaban J connectivity index is 1.47. The molecule has 0 N–H and O–H groups in total. The molecule has 0 unspecified atom stereocenters. The van der Waals surface area contributed by atoms with E-state index < -0.39 is 16.0 Å². The highest BCUT2D eigenvalue weighted by Gasteiger charge is 2.23. The van der Waals surface area contributed by atoms with Gasteiger partial charge in [-0.05, 0) is 48.7 Å². The number of rotatable bonds is 7. The fourth-order valence-corrected chi connectivity index (χ4v) is 4.76. The van der Waals surface area contributed by atoms with Crippen LogP contribution in [-0.2, 0) is 21.4 Å². The van der Waals surface area contributed by atoms with E-state index in [1.807, 2.05) is 36.6 Å². The maximum Gasteiger partial charge on any atom is 0.338 e. The smallest absolute Gasteiger partial charge is 0.338 e. The van der Waals surface area contributed by atoms with Gasteiger partial charge in [0.25, 0.3) is 15.9 Å². The predicted octanol–water partition coefficient (Wildman–Crippen LogP) is 4.29. The highest BCUT2D eigenvalue weighted by molar-refractivity contribution is 7.92. The van der Waals surface area contributed by atoms with Crippen LogP contribution in [0.4, 0.5) is 5.69 Å². The zero-order valence-corrected chi connectivity index (χ0v) is 18.9. The quantitative estimate of drug-likeness (QED) is 0.372. The molecule has 2 aromatic carbocycles. The molecular weight excluding hydrogens is 450 g/mol. The van der Waals surface area contributed by atoms with Crippen LogP contribution >= 0.6 is 11.3 Å². The zero-order valence-electron chi connectivity index (χ0n) is 17.3. The molecule has 2 aromatic heterocycles. The molecule has 0 saturated carbocycles. The number of carbonyl (C=O) groups excluding carboxylic acids is 1. The lowest BCUT2D eigenvalue weighted by Gasteiger charge is -2.20. The summed E-state index contributed by atoms with van der Waals surface area (Å²) in [5.74, 6) is -0.140. The Morgan fingerprint density at radius 1 is 1.12 bits per heavy atom. The van der Waals surface area contributed by atoms with Crippen LogP contribution in [0.2, 0.25) is 0 Å². The monoisotopic (exact) mass is 469 g/mol. The van der Waals surface area contributed by atoms with Crippen molar-refractivity contribution in [2.75, 3.05) is 11.4 Å². The highest BCUT2D eigenvalue weighted by atomic mass is 32.2. The Labute approximate surface area is 189 Å². The second-order valence-corrected chi connectivity index (χ2v) is 9.82. The molecule has 164 valence electrons. The summed E-state index contributed by atoms with van der Waals surface area (Å²) in [6.45, 7) is 1.70. The number of aryl methyl sites for hydroxylation is 1. The minimum atomic E-state index is -3.86. The van der Waals surface area contributed by atoms with Gasteiger partial charge < -0.3 is 9.26 Å². The largest absolute Gasteiger partial charge is 0.452 e. The molecule has 0 amide bonds. The zero-order chi connectivity index (χ0) is 22.7. The van der Waals surface area contributed by atoms with Gasteiger partial charge in [0.05, 0.1) is 21.0 Å². The maximum atomic E-state index is 13.0. The van der Waals surface area contributed by atoms with E-state index >= 15 is 0 Å². The first kappa shape index (κ1) is 21.7. The number of esters is 1. The third kappa shape index (κ3) is 4.56. The summed E-state index contributed by atoms with van der Waals surface area (Å²) in [5, 5.41) is 5.75. The number of nitrogens with zero attached hydrogens (tertiary/aromatic N) is 3. The molecule has 32 heavy (non-hydrogen) atoms. The Bertz CT molecular complexity index is 1330. The highest BCUT2D eigenvalue weighted by Crippen LogP contribution is 2.24. The lowest BCUT2D eigenvalue weighted by Crippen LogP contribution is -2.26. The van der Waals surface area contributed by atoms with Gasteiger partial charge in [-0.25, -0.2) is 13.2 Å². The first-order valence-electron chi connectivity index (χ1n) is 9.54. The van der Waals surface area contributed by atoms with E-state index in [0.29, 0.717) is 11.5 Å². The van der Waals surface area contributed by atoms with E-state index in [1.54, 1.807) is 12.1 Å². The standard InChI is InChI=1S/C22H19N3O5S2/c1-15-8-10-17(11-9-15)25(2)32(27,28)18-6-3-5-16(13-18)22(26)29-14-20-23-21(24-30-20)19-7-4-12-31-19/h3-13H,14H2,1-2H3. The van der Waals surface area contributed by atoms with Gasteiger partial charge in [0.15, 0.2) is 6.61 Å². The van der Waals surface area contributed by atoms with E-state index in [1.165, 1.54) is 47.0 Å². The summed E-state index contributed by atoms with van der Waals surface area (Å²) in [7, 11) is -2.40. The summed E-state index contributed by atoms with van der Waals surface area (Å²) < 4.78 is 37.6. The first-order chi connectivity index (χ1) is 15.3. The maximum absolute atomic E-state index is 13.0. The SMILES string of the molecule is Cc1ccc(N(C)S(=O)(=O)c2cccc(C(=O)OCc3nc(-c4cccs4)no3)c2)cc1. The molecule has 2 heterocycles. The lowest BCUT2D eigenvalue weighted by molar-refractivity contribution is 0.0429. The fourth-order valence-electron chi connectivity index (χ4n) is 2.87. The Kier molecular flexibility index (Phi) is 6.06. The third-order valence-electron chi connectivity index (χ3n) is 4.66. The van der Waals surface area contributed by atoms with Gasteiger partial charge in [0, 0.05) is 7.05 Å². The van der Waals surface area contributed by atoms with Crippen molar-refractivity contribution < 1.29 is 22.5 Å². The van der Waals surface area contributed by atoms with E-state index in [2.05, 4.69) is 10.1 Å². The molecule has 10 heteroatoms. The average Bonchev–Trinajstić information content (AvgIpc) is 3.49.